The highest BCUT2D eigenvalue weighted by molar-refractivity contribution is 5.87. The second-order valence-electron chi connectivity index (χ2n) is 5.78. The third kappa shape index (κ3) is 4.33. The summed E-state index contributed by atoms with van der Waals surface area (Å²) in [4.78, 5) is 8.37. The van der Waals surface area contributed by atoms with Gasteiger partial charge in [0.2, 0.25) is 0 Å². The van der Waals surface area contributed by atoms with E-state index >= 15 is 0 Å². The van der Waals surface area contributed by atoms with Gasteiger partial charge in [0.25, 0.3) is 0 Å². The van der Waals surface area contributed by atoms with Crippen LogP contribution in [0, 0.1) is 5.82 Å². The Hall–Kier alpha value is -3.47. The average Bonchev–Trinajstić information content (AvgIpc) is 2.67. The van der Waals surface area contributed by atoms with Gasteiger partial charge in [0, 0.05) is 35.6 Å². The molecule has 0 amide bonds. The quantitative estimate of drug-likeness (QED) is 0.541. The monoisotopic (exact) mass is 346 g/mol. The van der Waals surface area contributed by atoms with Gasteiger partial charge in [-0.3, -0.25) is 9.98 Å². The van der Waals surface area contributed by atoms with E-state index in [1.165, 1.54) is 12.1 Å². The average molecular weight is 346 g/mol. The van der Waals surface area contributed by atoms with Crippen LogP contribution in [0.4, 0.5) is 10.1 Å². The molecule has 1 heterocycles. The maximum absolute atomic E-state index is 13.1. The van der Waals surface area contributed by atoms with Crippen LogP contribution in [0.2, 0.25) is 0 Å². The van der Waals surface area contributed by atoms with E-state index in [-0.39, 0.29) is 5.82 Å². The first kappa shape index (κ1) is 17.4. The Morgan fingerprint density at radius 2 is 1.85 bits per heavy atom. The molecule has 4 nitrogen and oxygen atoms in total. The zero-order valence-electron chi connectivity index (χ0n) is 14.1. The number of anilines is 1. The Balaban J connectivity index is 1.78. The van der Waals surface area contributed by atoms with Crippen molar-refractivity contribution in [3.8, 4) is 11.1 Å². The van der Waals surface area contributed by atoms with Crippen LogP contribution < -0.4 is 11.5 Å². The summed E-state index contributed by atoms with van der Waals surface area (Å²) in [5.74, 6) is -0.270. The number of allylic oxidation sites excluding steroid dienone is 1. The molecule has 0 atom stereocenters. The van der Waals surface area contributed by atoms with Crippen molar-refractivity contribution in [3.63, 3.8) is 0 Å². The number of aromatic nitrogens is 1. The van der Waals surface area contributed by atoms with E-state index in [9.17, 15) is 4.39 Å². The number of nitrogens with zero attached hydrogens (tertiary/aromatic N) is 2. The van der Waals surface area contributed by atoms with Crippen LogP contribution in [-0.2, 0) is 6.54 Å². The molecule has 2 aromatic carbocycles. The molecule has 0 aliphatic rings. The molecule has 26 heavy (non-hydrogen) atoms. The standard InChI is InChI=1S/C21H19FN4/c22-18-6-3-16(4-7-18)17-5-8-20(23)19(12-17)21(24)9-11-26-14-15-2-1-10-25-13-15/h1-13H,14,23-24H2/b21-9-,26-11?. The number of nitrogen functional groups attached to an aromatic ring is 1. The molecule has 0 radical (unpaired) electrons. The molecule has 0 spiro atoms. The van der Waals surface area contributed by atoms with Crippen molar-refractivity contribution in [2.75, 3.05) is 5.73 Å². The van der Waals surface area contributed by atoms with Gasteiger partial charge in [-0.15, -0.1) is 0 Å². The predicted molar refractivity (Wildman–Crippen MR) is 105 cm³/mol. The summed E-state index contributed by atoms with van der Waals surface area (Å²) in [5, 5.41) is 0. The molecule has 0 unspecified atom stereocenters. The van der Waals surface area contributed by atoms with Crippen molar-refractivity contribution in [1.29, 1.82) is 0 Å². The molecular weight excluding hydrogens is 327 g/mol. The SMILES string of the molecule is N/C(=C\C=NCc1cccnc1)c1cc(-c2ccc(F)cc2)ccc1N. The number of pyridine rings is 1. The van der Waals surface area contributed by atoms with Crippen LogP contribution in [0.15, 0.2) is 78.1 Å². The second kappa shape index (κ2) is 8.07. The maximum atomic E-state index is 13.1. The van der Waals surface area contributed by atoms with Crippen LogP contribution in [0.5, 0.6) is 0 Å². The third-order valence-corrected chi connectivity index (χ3v) is 3.90. The molecule has 0 aliphatic carbocycles. The van der Waals surface area contributed by atoms with E-state index in [0.29, 0.717) is 17.9 Å². The first-order valence-electron chi connectivity index (χ1n) is 8.14. The maximum Gasteiger partial charge on any atom is 0.123 e. The minimum Gasteiger partial charge on any atom is -0.398 e. The number of nitrogens with two attached hydrogens (primary N) is 2. The fraction of sp³-hybridized carbons (Fsp3) is 0.0476. The summed E-state index contributed by atoms with van der Waals surface area (Å²) in [6.45, 7) is 0.530. The third-order valence-electron chi connectivity index (χ3n) is 3.90. The predicted octanol–water partition coefficient (Wildman–Crippen LogP) is 4.04. The van der Waals surface area contributed by atoms with E-state index < -0.39 is 0 Å². The van der Waals surface area contributed by atoms with Crippen molar-refractivity contribution in [3.05, 3.63) is 90.0 Å². The molecule has 0 saturated heterocycles. The van der Waals surface area contributed by atoms with Crippen LogP contribution in [0.1, 0.15) is 11.1 Å². The molecule has 0 bridgehead atoms. The van der Waals surface area contributed by atoms with Gasteiger partial charge in [0.05, 0.1) is 6.54 Å². The van der Waals surface area contributed by atoms with Crippen LogP contribution in [-0.4, -0.2) is 11.2 Å². The van der Waals surface area contributed by atoms with Gasteiger partial charge in [0.1, 0.15) is 5.82 Å². The Morgan fingerprint density at radius 1 is 1.08 bits per heavy atom. The van der Waals surface area contributed by atoms with Gasteiger partial charge in [0.15, 0.2) is 0 Å². The number of benzene rings is 2. The minimum absolute atomic E-state index is 0.270. The molecule has 3 aromatic rings. The van der Waals surface area contributed by atoms with Crippen LogP contribution in [0.3, 0.4) is 0 Å². The molecule has 1 aromatic heterocycles. The lowest BCUT2D eigenvalue weighted by Gasteiger charge is -2.09. The van der Waals surface area contributed by atoms with Gasteiger partial charge in [-0.2, -0.15) is 0 Å². The highest BCUT2D eigenvalue weighted by atomic mass is 19.1. The molecule has 5 heteroatoms. The lowest BCUT2D eigenvalue weighted by Crippen LogP contribution is -2.02. The van der Waals surface area contributed by atoms with E-state index in [2.05, 4.69) is 9.98 Å². The minimum atomic E-state index is -0.270. The smallest absolute Gasteiger partial charge is 0.123 e. The fourth-order valence-corrected chi connectivity index (χ4v) is 2.50. The van der Waals surface area contributed by atoms with Gasteiger partial charge in [-0.05, 0) is 53.1 Å². The zero-order valence-corrected chi connectivity index (χ0v) is 14.1. The lowest BCUT2D eigenvalue weighted by atomic mass is 10.0. The lowest BCUT2D eigenvalue weighted by molar-refractivity contribution is 0.628. The number of rotatable bonds is 5. The zero-order chi connectivity index (χ0) is 18.4. The Bertz CT molecular complexity index is 932. The number of hydrogen-bond donors (Lipinski definition) is 2. The van der Waals surface area contributed by atoms with Crippen molar-refractivity contribution in [1.82, 2.24) is 4.98 Å². The molecular formula is C21H19FN4. The van der Waals surface area contributed by atoms with Gasteiger partial charge in [-0.1, -0.05) is 24.3 Å². The van der Waals surface area contributed by atoms with E-state index in [1.54, 1.807) is 42.9 Å². The summed E-state index contributed by atoms with van der Waals surface area (Å²) in [6, 6.07) is 15.7. The van der Waals surface area contributed by atoms with Crippen LogP contribution in [0.25, 0.3) is 16.8 Å². The first-order chi connectivity index (χ1) is 12.6. The van der Waals surface area contributed by atoms with Gasteiger partial charge >= 0.3 is 0 Å². The Morgan fingerprint density at radius 3 is 2.58 bits per heavy atom. The van der Waals surface area contributed by atoms with Gasteiger partial charge in [-0.25, -0.2) is 4.39 Å². The highest BCUT2D eigenvalue weighted by Gasteiger charge is 2.05. The fourth-order valence-electron chi connectivity index (χ4n) is 2.50. The molecule has 130 valence electrons. The van der Waals surface area contributed by atoms with Crippen molar-refractivity contribution in [2.24, 2.45) is 10.7 Å². The molecule has 0 fully saturated rings. The number of hydrogen-bond acceptors (Lipinski definition) is 4. The topological polar surface area (TPSA) is 77.3 Å². The number of aliphatic imine (C=N–C) groups is 1. The summed E-state index contributed by atoms with van der Waals surface area (Å²) in [6.07, 6.45) is 6.87. The Kier molecular flexibility index (Phi) is 5.39. The summed E-state index contributed by atoms with van der Waals surface area (Å²) < 4.78 is 13.1. The molecule has 0 aliphatic heterocycles. The van der Waals surface area contributed by atoms with Crippen molar-refractivity contribution < 1.29 is 4.39 Å². The normalized spacial score (nSPS) is 11.8. The van der Waals surface area contributed by atoms with Crippen LogP contribution >= 0.6 is 0 Å². The van der Waals surface area contributed by atoms with Gasteiger partial charge < -0.3 is 11.5 Å². The Labute approximate surface area is 151 Å². The van der Waals surface area contributed by atoms with Crippen molar-refractivity contribution >= 4 is 17.6 Å². The number of halogens is 1. The molecule has 0 saturated carbocycles. The van der Waals surface area contributed by atoms with E-state index in [0.717, 1.165) is 22.3 Å². The first-order valence-corrected chi connectivity index (χ1v) is 8.14. The second-order valence-corrected chi connectivity index (χ2v) is 5.78. The summed E-state index contributed by atoms with van der Waals surface area (Å²) in [5.41, 5.74) is 16.9. The van der Waals surface area contributed by atoms with Crippen molar-refractivity contribution in [2.45, 2.75) is 6.54 Å². The molecule has 3 rings (SSSR count). The summed E-state index contributed by atoms with van der Waals surface area (Å²) >= 11 is 0. The largest absolute Gasteiger partial charge is 0.398 e. The van der Waals surface area contributed by atoms with E-state index in [1.807, 2.05) is 24.3 Å². The van der Waals surface area contributed by atoms with E-state index in [4.69, 9.17) is 11.5 Å². The summed E-state index contributed by atoms with van der Waals surface area (Å²) in [7, 11) is 0. The molecule has 4 N–H and O–H groups in total. The highest BCUT2D eigenvalue weighted by Crippen LogP contribution is 2.26.